The predicted octanol–water partition coefficient (Wildman–Crippen LogP) is 1.72. The van der Waals surface area contributed by atoms with E-state index >= 15 is 0 Å². The average molecular weight is 183 g/mol. The molecule has 4 heteroatoms. The number of nitrogens with zero attached hydrogens (tertiary/aromatic N) is 1. The lowest BCUT2D eigenvalue weighted by molar-refractivity contribution is 0.724. The van der Waals surface area contributed by atoms with E-state index in [-0.39, 0.29) is 0 Å². The van der Waals surface area contributed by atoms with Gasteiger partial charge in [0.05, 0.1) is 11.9 Å². The first-order valence-electron chi connectivity index (χ1n) is 4.23. The van der Waals surface area contributed by atoms with Gasteiger partial charge in [-0.25, -0.2) is 0 Å². The fourth-order valence-electron chi connectivity index (χ4n) is 1.47. The summed E-state index contributed by atoms with van der Waals surface area (Å²) in [6.07, 6.45) is 4.99. The standard InChI is InChI=1S/C8H13N3S/c1-6-8(2-3-12-6)11-7-4-9-10-5-7/h4-6,8,11H,2-3H2,1H3,(H,9,10). The van der Waals surface area contributed by atoms with Crippen molar-refractivity contribution in [3.8, 4) is 0 Å². The molecule has 2 rings (SSSR count). The molecule has 0 saturated carbocycles. The Labute approximate surface area is 76.3 Å². The minimum absolute atomic E-state index is 0.618. The molecule has 2 unspecified atom stereocenters. The Bertz CT molecular complexity index is 234. The summed E-state index contributed by atoms with van der Waals surface area (Å²) >= 11 is 2.03. The highest BCUT2D eigenvalue weighted by atomic mass is 32.2. The molecule has 2 atom stereocenters. The van der Waals surface area contributed by atoms with E-state index < -0.39 is 0 Å². The molecule has 0 spiro atoms. The largest absolute Gasteiger partial charge is 0.379 e. The Hall–Kier alpha value is -0.640. The average Bonchev–Trinajstić information content (AvgIpc) is 2.65. The van der Waals surface area contributed by atoms with Gasteiger partial charge in [0, 0.05) is 17.5 Å². The fourth-order valence-corrected chi connectivity index (χ4v) is 2.66. The van der Waals surface area contributed by atoms with Crippen molar-refractivity contribution in [3.63, 3.8) is 0 Å². The van der Waals surface area contributed by atoms with Gasteiger partial charge in [0.1, 0.15) is 0 Å². The lowest BCUT2D eigenvalue weighted by Gasteiger charge is -2.15. The lowest BCUT2D eigenvalue weighted by Crippen LogP contribution is -2.24. The molecule has 1 aromatic heterocycles. The van der Waals surface area contributed by atoms with Gasteiger partial charge in [-0.05, 0) is 12.2 Å². The molecule has 12 heavy (non-hydrogen) atoms. The van der Waals surface area contributed by atoms with Crippen LogP contribution in [0.25, 0.3) is 0 Å². The van der Waals surface area contributed by atoms with Crippen LogP contribution in [0.4, 0.5) is 5.69 Å². The summed E-state index contributed by atoms with van der Waals surface area (Å²) in [4.78, 5) is 0. The monoisotopic (exact) mass is 183 g/mol. The molecule has 0 aromatic carbocycles. The van der Waals surface area contributed by atoms with E-state index in [1.165, 1.54) is 12.2 Å². The summed E-state index contributed by atoms with van der Waals surface area (Å²) in [7, 11) is 0. The van der Waals surface area contributed by atoms with Gasteiger partial charge < -0.3 is 5.32 Å². The SMILES string of the molecule is CC1SCCC1Nc1cn[nH]c1. The Morgan fingerprint density at radius 1 is 1.75 bits per heavy atom. The first kappa shape index (κ1) is 7.98. The van der Waals surface area contributed by atoms with E-state index in [4.69, 9.17) is 0 Å². The van der Waals surface area contributed by atoms with E-state index in [9.17, 15) is 0 Å². The third kappa shape index (κ3) is 1.58. The summed E-state index contributed by atoms with van der Waals surface area (Å²) in [6.45, 7) is 2.27. The third-order valence-electron chi connectivity index (χ3n) is 2.23. The maximum absolute atomic E-state index is 3.89. The molecule has 2 heterocycles. The van der Waals surface area contributed by atoms with E-state index in [2.05, 4.69) is 22.4 Å². The second kappa shape index (κ2) is 3.39. The van der Waals surface area contributed by atoms with E-state index in [1.54, 1.807) is 0 Å². The lowest BCUT2D eigenvalue weighted by atomic mass is 10.2. The van der Waals surface area contributed by atoms with Crippen molar-refractivity contribution >= 4 is 17.4 Å². The first-order valence-corrected chi connectivity index (χ1v) is 5.28. The van der Waals surface area contributed by atoms with Crippen molar-refractivity contribution in [1.82, 2.24) is 10.2 Å². The quantitative estimate of drug-likeness (QED) is 0.733. The van der Waals surface area contributed by atoms with Crippen molar-refractivity contribution in [3.05, 3.63) is 12.4 Å². The number of H-pyrrole nitrogens is 1. The van der Waals surface area contributed by atoms with Crippen molar-refractivity contribution in [1.29, 1.82) is 0 Å². The van der Waals surface area contributed by atoms with Crippen LogP contribution in [0.15, 0.2) is 12.4 Å². The Balaban J connectivity index is 1.95. The number of aromatic amines is 1. The molecular weight excluding hydrogens is 170 g/mol. The minimum Gasteiger partial charge on any atom is -0.379 e. The zero-order valence-corrected chi connectivity index (χ0v) is 7.90. The Kier molecular flexibility index (Phi) is 2.26. The van der Waals surface area contributed by atoms with Crippen molar-refractivity contribution < 1.29 is 0 Å². The van der Waals surface area contributed by atoms with Crippen molar-refractivity contribution in [2.24, 2.45) is 0 Å². The summed E-state index contributed by atoms with van der Waals surface area (Å²) in [5, 5.41) is 10.9. The van der Waals surface area contributed by atoms with E-state index in [1.807, 2.05) is 24.2 Å². The van der Waals surface area contributed by atoms with Gasteiger partial charge in [-0.2, -0.15) is 16.9 Å². The van der Waals surface area contributed by atoms with Crippen LogP contribution < -0.4 is 5.32 Å². The van der Waals surface area contributed by atoms with Crippen molar-refractivity contribution in [2.75, 3.05) is 11.1 Å². The molecule has 1 saturated heterocycles. The summed E-state index contributed by atoms with van der Waals surface area (Å²) in [6, 6.07) is 0.618. The van der Waals surface area contributed by atoms with Crippen LogP contribution in [0.5, 0.6) is 0 Å². The van der Waals surface area contributed by atoms with Crippen LogP contribution in [0.1, 0.15) is 13.3 Å². The zero-order chi connectivity index (χ0) is 8.39. The second-order valence-electron chi connectivity index (χ2n) is 3.10. The van der Waals surface area contributed by atoms with E-state index in [0.29, 0.717) is 6.04 Å². The van der Waals surface area contributed by atoms with Gasteiger partial charge in [-0.15, -0.1) is 0 Å². The summed E-state index contributed by atoms with van der Waals surface area (Å²) < 4.78 is 0. The smallest absolute Gasteiger partial charge is 0.0726 e. The van der Waals surface area contributed by atoms with Crippen LogP contribution in [-0.2, 0) is 0 Å². The molecule has 66 valence electrons. The fraction of sp³-hybridized carbons (Fsp3) is 0.625. The number of anilines is 1. The van der Waals surface area contributed by atoms with Gasteiger partial charge >= 0.3 is 0 Å². The molecule has 0 aliphatic carbocycles. The molecule has 1 aromatic rings. The van der Waals surface area contributed by atoms with Gasteiger partial charge in [0.15, 0.2) is 0 Å². The molecule has 2 N–H and O–H groups in total. The first-order chi connectivity index (χ1) is 5.86. The number of nitrogens with one attached hydrogen (secondary N) is 2. The van der Waals surface area contributed by atoms with Crippen molar-refractivity contribution in [2.45, 2.75) is 24.6 Å². The Morgan fingerprint density at radius 2 is 2.67 bits per heavy atom. The van der Waals surface area contributed by atoms with Gasteiger partial charge in [-0.1, -0.05) is 6.92 Å². The van der Waals surface area contributed by atoms with Crippen LogP contribution in [-0.4, -0.2) is 27.2 Å². The highest BCUT2D eigenvalue weighted by Crippen LogP contribution is 2.28. The molecule has 0 bridgehead atoms. The molecular formula is C8H13N3S. The van der Waals surface area contributed by atoms with Crippen LogP contribution >= 0.6 is 11.8 Å². The minimum atomic E-state index is 0.618. The molecule has 3 nitrogen and oxygen atoms in total. The van der Waals surface area contributed by atoms with Gasteiger partial charge in [0.25, 0.3) is 0 Å². The highest BCUT2D eigenvalue weighted by molar-refractivity contribution is 8.00. The van der Waals surface area contributed by atoms with Gasteiger partial charge in [0.2, 0.25) is 0 Å². The number of hydrogen-bond donors (Lipinski definition) is 2. The normalized spacial score (nSPS) is 29.1. The van der Waals surface area contributed by atoms with Crippen LogP contribution in [0, 0.1) is 0 Å². The van der Waals surface area contributed by atoms with Crippen LogP contribution in [0.2, 0.25) is 0 Å². The third-order valence-corrected chi connectivity index (χ3v) is 3.55. The molecule has 1 fully saturated rings. The maximum Gasteiger partial charge on any atom is 0.0726 e. The summed E-state index contributed by atoms with van der Waals surface area (Å²) in [5.41, 5.74) is 1.11. The van der Waals surface area contributed by atoms with Crippen LogP contribution in [0.3, 0.4) is 0 Å². The number of thioether (sulfide) groups is 1. The van der Waals surface area contributed by atoms with Gasteiger partial charge in [-0.3, -0.25) is 5.10 Å². The zero-order valence-electron chi connectivity index (χ0n) is 7.08. The predicted molar refractivity (Wildman–Crippen MR) is 52.5 cm³/mol. The maximum atomic E-state index is 3.89. The number of hydrogen-bond acceptors (Lipinski definition) is 3. The number of aromatic nitrogens is 2. The summed E-state index contributed by atoms with van der Waals surface area (Å²) in [5.74, 6) is 1.27. The highest BCUT2D eigenvalue weighted by Gasteiger charge is 2.23. The number of rotatable bonds is 2. The molecule has 1 aliphatic rings. The Morgan fingerprint density at radius 3 is 3.25 bits per heavy atom. The molecule has 1 aliphatic heterocycles. The van der Waals surface area contributed by atoms with E-state index in [0.717, 1.165) is 10.9 Å². The second-order valence-corrected chi connectivity index (χ2v) is 4.59. The topological polar surface area (TPSA) is 40.7 Å². The molecule has 0 radical (unpaired) electrons. The molecule has 0 amide bonds.